The van der Waals surface area contributed by atoms with Crippen molar-refractivity contribution in [1.29, 1.82) is 0 Å². The molecule has 0 heterocycles. The average Bonchev–Trinajstić information content (AvgIpc) is 2.95. The molecular weight excluding hydrogens is 559 g/mol. The van der Waals surface area contributed by atoms with Gasteiger partial charge >= 0.3 is 25.2 Å². The third kappa shape index (κ3) is 27.4. The van der Waals surface area contributed by atoms with Crippen LogP contribution in [0, 0.1) is 0 Å². The summed E-state index contributed by atoms with van der Waals surface area (Å²) in [6, 6.07) is 0. The third-order valence-corrected chi connectivity index (χ3v) is 7.93. The molecule has 0 saturated carbocycles. The van der Waals surface area contributed by atoms with Gasteiger partial charge in [-0.15, -0.1) is 0 Å². The van der Waals surface area contributed by atoms with Gasteiger partial charge < -0.3 is 24.0 Å². The molecule has 0 fully saturated rings. The second kappa shape index (κ2) is 28.3. The Hall–Kier alpha value is -1.44. The molecule has 0 aliphatic heterocycles. The van der Waals surface area contributed by atoms with Crippen LogP contribution in [0.5, 0.6) is 0 Å². The first-order chi connectivity index (χ1) is 20.2. The zero-order valence-corrected chi connectivity index (χ0v) is 27.6. The second-order valence-electron chi connectivity index (χ2n) is 11.5. The van der Waals surface area contributed by atoms with Crippen LogP contribution in [0.4, 0.5) is 4.79 Å². The van der Waals surface area contributed by atoms with E-state index in [1.165, 1.54) is 89.9 Å². The van der Waals surface area contributed by atoms with Gasteiger partial charge in [0.15, 0.2) is 6.10 Å². The number of hydrogen-bond donors (Lipinski definition) is 2. The number of carbonyl (C=O) groups is 3. The fourth-order valence-electron chi connectivity index (χ4n) is 4.73. The molecule has 0 amide bonds. The molecule has 0 spiro atoms. The number of hydrogen-bond acceptors (Lipinski definition) is 7. The Morgan fingerprint density at radius 1 is 0.524 bits per heavy atom. The molecule has 0 unspecified atom stereocenters. The van der Waals surface area contributed by atoms with Crippen LogP contribution in [0.1, 0.15) is 168 Å². The summed E-state index contributed by atoms with van der Waals surface area (Å²) in [4.78, 5) is 53.9. The number of esters is 2. The minimum Gasteiger partial charge on any atom is -0.462 e. The van der Waals surface area contributed by atoms with E-state index in [9.17, 15) is 18.9 Å². The fourth-order valence-corrected chi connectivity index (χ4v) is 4.98. The lowest BCUT2D eigenvalue weighted by Crippen LogP contribution is -2.30. The smallest absolute Gasteiger partial charge is 0.433 e. The van der Waals surface area contributed by atoms with Crippen molar-refractivity contribution in [3.63, 3.8) is 0 Å². The van der Waals surface area contributed by atoms with Gasteiger partial charge in [0.25, 0.3) is 0 Å². The monoisotopic (exact) mass is 620 g/mol. The molecule has 1 atom stereocenters. The van der Waals surface area contributed by atoms with Crippen LogP contribution in [-0.4, -0.2) is 46.8 Å². The maximum atomic E-state index is 12.3. The van der Waals surface area contributed by atoms with Crippen LogP contribution in [0.3, 0.4) is 0 Å². The largest absolute Gasteiger partial charge is 0.462 e. The molecule has 0 saturated heterocycles. The van der Waals surface area contributed by atoms with Crippen LogP contribution < -0.4 is 0 Å². The lowest BCUT2D eigenvalue weighted by Gasteiger charge is -2.18. The van der Waals surface area contributed by atoms with E-state index in [0.717, 1.165) is 38.5 Å². The molecule has 248 valence electrons. The van der Waals surface area contributed by atoms with Crippen molar-refractivity contribution in [1.82, 2.24) is 0 Å². The van der Waals surface area contributed by atoms with Crippen LogP contribution in [0.2, 0.25) is 0 Å². The van der Waals surface area contributed by atoms with E-state index < -0.39 is 38.0 Å². The topological polar surface area (TPSA) is 136 Å². The summed E-state index contributed by atoms with van der Waals surface area (Å²) in [6.07, 6.45) is 24.8. The molecule has 0 aromatic carbocycles. The van der Waals surface area contributed by atoms with Gasteiger partial charge in [0.1, 0.15) is 13.2 Å². The molecule has 0 aliphatic rings. The van der Waals surface area contributed by atoms with Gasteiger partial charge in [0.2, 0.25) is 0 Å². The highest BCUT2D eigenvalue weighted by Crippen LogP contribution is 2.36. The molecule has 10 heteroatoms. The van der Waals surface area contributed by atoms with Crippen molar-refractivity contribution < 1.29 is 42.9 Å². The lowest BCUT2D eigenvalue weighted by atomic mass is 10.1. The first kappa shape index (κ1) is 40.6. The van der Waals surface area contributed by atoms with Crippen molar-refractivity contribution in [3.05, 3.63) is 0 Å². The van der Waals surface area contributed by atoms with E-state index in [1.54, 1.807) is 0 Å². The summed E-state index contributed by atoms with van der Waals surface area (Å²) in [5, 5.41) is 0. The summed E-state index contributed by atoms with van der Waals surface area (Å²) >= 11 is 0. The van der Waals surface area contributed by atoms with E-state index in [2.05, 4.69) is 18.6 Å². The van der Waals surface area contributed by atoms with Gasteiger partial charge in [-0.25, -0.2) is 9.36 Å². The maximum absolute atomic E-state index is 12.3. The number of rotatable bonds is 30. The summed E-state index contributed by atoms with van der Waals surface area (Å²) in [7, 11) is -5.07. The van der Waals surface area contributed by atoms with Crippen LogP contribution in [0.15, 0.2) is 0 Å². The predicted octanol–water partition coefficient (Wildman–Crippen LogP) is 9.16. The highest BCUT2D eigenvalue weighted by molar-refractivity contribution is 7.69. The summed E-state index contributed by atoms with van der Waals surface area (Å²) < 4.78 is 26.2. The number of unbranched alkanes of at least 4 members (excludes halogenated alkanes) is 20. The van der Waals surface area contributed by atoms with Gasteiger partial charge in [-0.3, -0.25) is 9.59 Å². The Morgan fingerprint density at radius 2 is 0.857 bits per heavy atom. The zero-order chi connectivity index (χ0) is 31.3. The Bertz CT molecular complexity index is 723. The Kier molecular flexibility index (Phi) is 27.4. The van der Waals surface area contributed by atoms with Gasteiger partial charge in [-0.1, -0.05) is 142 Å². The first-order valence-corrected chi connectivity index (χ1v) is 18.4. The number of carbonyl (C=O) groups excluding carboxylic acids is 3. The molecule has 0 aromatic rings. The summed E-state index contributed by atoms with van der Waals surface area (Å²) in [5.74, 6) is -0.969. The molecule has 42 heavy (non-hydrogen) atoms. The molecule has 9 nitrogen and oxygen atoms in total. The van der Waals surface area contributed by atoms with E-state index in [0.29, 0.717) is 12.8 Å². The molecule has 0 radical (unpaired) electrons. The molecule has 0 aliphatic carbocycles. The van der Waals surface area contributed by atoms with Crippen LogP contribution in [0.25, 0.3) is 0 Å². The fraction of sp³-hybridized carbons (Fsp3) is 0.906. The minimum absolute atomic E-state index is 0.173. The van der Waals surface area contributed by atoms with Crippen molar-refractivity contribution in [3.8, 4) is 0 Å². The van der Waals surface area contributed by atoms with Crippen molar-refractivity contribution in [2.75, 3.05) is 13.2 Å². The number of ether oxygens (including phenoxy) is 3. The summed E-state index contributed by atoms with van der Waals surface area (Å²) in [5.41, 5.74) is -1.71. The van der Waals surface area contributed by atoms with Gasteiger partial charge in [0, 0.05) is 12.8 Å². The van der Waals surface area contributed by atoms with Crippen molar-refractivity contribution in [2.24, 2.45) is 0 Å². The third-order valence-electron chi connectivity index (χ3n) is 7.33. The van der Waals surface area contributed by atoms with Crippen molar-refractivity contribution >= 4 is 25.2 Å². The van der Waals surface area contributed by atoms with Gasteiger partial charge in [-0.2, -0.15) is 0 Å². The quantitative estimate of drug-likeness (QED) is 0.0348. The normalized spacial score (nSPS) is 12.2. The standard InChI is InChI=1S/C32H61O9P/c1-3-5-7-9-11-13-15-17-19-21-23-25-30(33)39-27-29(28-40-32(35)42(36,37)38)41-31(34)26-24-22-20-18-16-14-12-10-8-6-4-2/h29H,3-28H2,1-2H3,(H2,36,37,38)/t29-/m1/s1. The predicted molar refractivity (Wildman–Crippen MR) is 166 cm³/mol. The lowest BCUT2D eigenvalue weighted by molar-refractivity contribution is -0.161. The minimum atomic E-state index is -5.07. The van der Waals surface area contributed by atoms with Gasteiger partial charge in [-0.05, 0) is 12.8 Å². The highest BCUT2D eigenvalue weighted by atomic mass is 31.2. The van der Waals surface area contributed by atoms with E-state index in [1.807, 2.05) is 0 Å². The van der Waals surface area contributed by atoms with E-state index in [-0.39, 0.29) is 19.4 Å². The molecule has 0 bridgehead atoms. The zero-order valence-electron chi connectivity index (χ0n) is 26.7. The molecule has 0 aromatic heterocycles. The molecular formula is C32H61O9P. The Morgan fingerprint density at radius 3 is 1.24 bits per heavy atom. The van der Waals surface area contributed by atoms with E-state index >= 15 is 0 Å². The van der Waals surface area contributed by atoms with Crippen LogP contribution >= 0.6 is 7.60 Å². The maximum Gasteiger partial charge on any atom is 0.433 e. The van der Waals surface area contributed by atoms with E-state index in [4.69, 9.17) is 19.3 Å². The average molecular weight is 621 g/mol. The summed E-state index contributed by atoms with van der Waals surface area (Å²) in [6.45, 7) is 3.50. The van der Waals surface area contributed by atoms with Gasteiger partial charge in [0.05, 0.1) is 0 Å². The first-order valence-electron chi connectivity index (χ1n) is 16.8. The van der Waals surface area contributed by atoms with Crippen molar-refractivity contribution in [2.45, 2.75) is 174 Å². The SMILES string of the molecule is CCCCCCCCCCCCCC(=O)OC[C@H](COC(=O)P(=O)(O)O)OC(=O)CCCCCCCCCCCCC. The van der Waals surface area contributed by atoms with Crippen LogP contribution in [-0.2, 0) is 28.4 Å². The Balaban J connectivity index is 4.19. The molecule has 0 rings (SSSR count). The Labute approximate surface area is 255 Å². The molecule has 2 N–H and O–H groups in total. The second-order valence-corrected chi connectivity index (χ2v) is 12.9. The highest BCUT2D eigenvalue weighted by Gasteiger charge is 2.30.